The second-order valence-electron chi connectivity index (χ2n) is 7.84. The number of alkyl halides is 1. The highest BCUT2D eigenvalue weighted by atomic mass is 127. The van der Waals surface area contributed by atoms with Crippen LogP contribution in [0.15, 0.2) is 24.3 Å². The number of halogens is 1. The van der Waals surface area contributed by atoms with E-state index in [0.29, 0.717) is 5.92 Å². The van der Waals surface area contributed by atoms with Gasteiger partial charge in [0.05, 0.1) is 0 Å². The van der Waals surface area contributed by atoms with Crippen LogP contribution in [0.4, 0.5) is 0 Å². The molecule has 0 aromatic heterocycles. The lowest BCUT2D eigenvalue weighted by molar-refractivity contribution is 0.533. The molecule has 1 rings (SSSR count). The molecule has 2 unspecified atom stereocenters. The van der Waals surface area contributed by atoms with Gasteiger partial charge in [-0.25, -0.2) is 0 Å². The first-order chi connectivity index (χ1) is 12.2. The standard InChI is InChI=1S/C24H41I/c1-4-5-6-7-8-9-10-11-12-13-14-15-20-24(25)22(3)23-19-17-16-18-21(23)2/h16-19,22,24H,4-15,20H2,1-3H3. The Bertz CT molecular complexity index is 426. The van der Waals surface area contributed by atoms with Crippen molar-refractivity contribution in [2.24, 2.45) is 0 Å². The Morgan fingerprint density at radius 2 is 1.24 bits per heavy atom. The van der Waals surface area contributed by atoms with Crippen molar-refractivity contribution in [1.82, 2.24) is 0 Å². The summed E-state index contributed by atoms with van der Waals surface area (Å²) in [5.41, 5.74) is 2.99. The first-order valence-electron chi connectivity index (χ1n) is 10.9. The van der Waals surface area contributed by atoms with Crippen molar-refractivity contribution >= 4 is 22.6 Å². The van der Waals surface area contributed by atoms with E-state index in [2.05, 4.69) is 67.6 Å². The Labute approximate surface area is 171 Å². The summed E-state index contributed by atoms with van der Waals surface area (Å²) in [7, 11) is 0. The molecule has 2 atom stereocenters. The first-order valence-corrected chi connectivity index (χ1v) is 12.1. The molecule has 0 spiro atoms. The summed E-state index contributed by atoms with van der Waals surface area (Å²) >= 11 is 2.68. The van der Waals surface area contributed by atoms with Crippen LogP contribution in [-0.4, -0.2) is 3.92 Å². The molecule has 0 radical (unpaired) electrons. The summed E-state index contributed by atoms with van der Waals surface area (Å²) in [6, 6.07) is 8.90. The molecule has 0 saturated carbocycles. The van der Waals surface area contributed by atoms with Crippen LogP contribution in [0.3, 0.4) is 0 Å². The Balaban J connectivity index is 1.98. The lowest BCUT2D eigenvalue weighted by Gasteiger charge is -2.20. The fourth-order valence-electron chi connectivity index (χ4n) is 3.72. The summed E-state index contributed by atoms with van der Waals surface area (Å²) in [6.07, 6.45) is 18.7. The Hall–Kier alpha value is -0.0500. The van der Waals surface area contributed by atoms with Crippen LogP contribution in [0.2, 0.25) is 0 Å². The van der Waals surface area contributed by atoms with Gasteiger partial charge in [0.15, 0.2) is 0 Å². The molecule has 0 bridgehead atoms. The van der Waals surface area contributed by atoms with Crippen LogP contribution < -0.4 is 0 Å². The van der Waals surface area contributed by atoms with E-state index in [4.69, 9.17) is 0 Å². The zero-order valence-corrected chi connectivity index (χ0v) is 19.2. The van der Waals surface area contributed by atoms with E-state index in [9.17, 15) is 0 Å². The van der Waals surface area contributed by atoms with Crippen molar-refractivity contribution in [3.8, 4) is 0 Å². The molecule has 0 fully saturated rings. The highest BCUT2D eigenvalue weighted by Crippen LogP contribution is 2.30. The van der Waals surface area contributed by atoms with Crippen LogP contribution in [0.1, 0.15) is 114 Å². The molecule has 1 aromatic rings. The minimum Gasteiger partial charge on any atom is -0.0820 e. The van der Waals surface area contributed by atoms with E-state index in [1.54, 1.807) is 5.56 Å². The molecule has 0 nitrogen and oxygen atoms in total. The number of hydrogen-bond donors (Lipinski definition) is 0. The molecule has 0 amide bonds. The maximum Gasteiger partial charge on any atom is 0.0176 e. The number of hydrogen-bond acceptors (Lipinski definition) is 0. The van der Waals surface area contributed by atoms with E-state index in [1.807, 2.05) is 0 Å². The average molecular weight is 456 g/mol. The lowest BCUT2D eigenvalue weighted by Crippen LogP contribution is -2.10. The fourth-order valence-corrected chi connectivity index (χ4v) is 4.55. The Morgan fingerprint density at radius 3 is 1.76 bits per heavy atom. The number of rotatable bonds is 15. The molecule has 25 heavy (non-hydrogen) atoms. The number of benzene rings is 1. The van der Waals surface area contributed by atoms with Gasteiger partial charge in [-0.15, -0.1) is 0 Å². The lowest BCUT2D eigenvalue weighted by atomic mass is 9.91. The molecular formula is C24H41I. The van der Waals surface area contributed by atoms with Crippen LogP contribution in [-0.2, 0) is 0 Å². The fraction of sp³-hybridized carbons (Fsp3) is 0.750. The zero-order valence-electron chi connectivity index (χ0n) is 17.0. The van der Waals surface area contributed by atoms with Gasteiger partial charge in [-0.3, -0.25) is 0 Å². The smallest absolute Gasteiger partial charge is 0.0176 e. The minimum atomic E-state index is 0.675. The van der Waals surface area contributed by atoms with Crippen molar-refractivity contribution in [1.29, 1.82) is 0 Å². The predicted octanol–water partition coefficient (Wildman–Crippen LogP) is 8.99. The Kier molecular flexibility index (Phi) is 13.8. The second kappa shape index (κ2) is 15.1. The van der Waals surface area contributed by atoms with Gasteiger partial charge in [0.25, 0.3) is 0 Å². The second-order valence-corrected chi connectivity index (χ2v) is 9.44. The van der Waals surface area contributed by atoms with E-state index in [1.165, 1.54) is 89.0 Å². The number of unbranched alkanes of at least 4 members (excludes halogenated alkanes) is 11. The first kappa shape index (κ1) is 23.0. The highest BCUT2D eigenvalue weighted by Gasteiger charge is 2.16. The summed E-state index contributed by atoms with van der Waals surface area (Å²) in [5, 5.41) is 0. The predicted molar refractivity (Wildman–Crippen MR) is 123 cm³/mol. The van der Waals surface area contributed by atoms with Gasteiger partial charge in [-0.1, -0.05) is 138 Å². The highest BCUT2D eigenvalue weighted by molar-refractivity contribution is 14.1. The molecule has 0 aliphatic rings. The van der Waals surface area contributed by atoms with E-state index in [0.717, 1.165) is 3.92 Å². The summed E-state index contributed by atoms with van der Waals surface area (Å²) < 4.78 is 0.766. The summed E-state index contributed by atoms with van der Waals surface area (Å²) in [5.74, 6) is 0.675. The number of aryl methyl sites for hydroxylation is 1. The van der Waals surface area contributed by atoms with Crippen LogP contribution in [0.25, 0.3) is 0 Å². The molecule has 0 aliphatic carbocycles. The molecule has 0 heterocycles. The van der Waals surface area contributed by atoms with Crippen molar-refractivity contribution in [2.75, 3.05) is 0 Å². The van der Waals surface area contributed by atoms with Crippen molar-refractivity contribution < 1.29 is 0 Å². The van der Waals surface area contributed by atoms with E-state index >= 15 is 0 Å². The molecular weight excluding hydrogens is 415 g/mol. The van der Waals surface area contributed by atoms with Gasteiger partial charge in [0, 0.05) is 3.92 Å². The van der Waals surface area contributed by atoms with Crippen LogP contribution in [0, 0.1) is 6.92 Å². The quantitative estimate of drug-likeness (QED) is 0.140. The molecule has 0 N–H and O–H groups in total. The Morgan fingerprint density at radius 1 is 0.760 bits per heavy atom. The van der Waals surface area contributed by atoms with Crippen molar-refractivity contribution in [2.45, 2.75) is 114 Å². The summed E-state index contributed by atoms with van der Waals surface area (Å²) in [6.45, 7) is 6.95. The molecule has 0 aliphatic heterocycles. The third kappa shape index (κ3) is 10.6. The van der Waals surface area contributed by atoms with E-state index < -0.39 is 0 Å². The molecule has 144 valence electrons. The van der Waals surface area contributed by atoms with Gasteiger partial charge < -0.3 is 0 Å². The van der Waals surface area contributed by atoms with Crippen molar-refractivity contribution in [3.05, 3.63) is 35.4 Å². The topological polar surface area (TPSA) is 0 Å². The normalized spacial score (nSPS) is 13.8. The van der Waals surface area contributed by atoms with Gasteiger partial charge in [0.2, 0.25) is 0 Å². The molecule has 0 saturated heterocycles. The van der Waals surface area contributed by atoms with Crippen molar-refractivity contribution in [3.63, 3.8) is 0 Å². The summed E-state index contributed by atoms with van der Waals surface area (Å²) in [4.78, 5) is 0. The maximum atomic E-state index is 2.68. The van der Waals surface area contributed by atoms with Gasteiger partial charge in [-0.2, -0.15) is 0 Å². The van der Waals surface area contributed by atoms with Gasteiger partial charge in [0.1, 0.15) is 0 Å². The largest absolute Gasteiger partial charge is 0.0820 e. The van der Waals surface area contributed by atoms with Crippen LogP contribution in [0.5, 0.6) is 0 Å². The van der Waals surface area contributed by atoms with E-state index in [-0.39, 0.29) is 0 Å². The van der Waals surface area contributed by atoms with Crippen LogP contribution >= 0.6 is 22.6 Å². The maximum absolute atomic E-state index is 2.68. The zero-order chi connectivity index (χ0) is 18.3. The van der Waals surface area contributed by atoms with Gasteiger partial charge in [-0.05, 0) is 30.4 Å². The molecule has 1 heteroatoms. The van der Waals surface area contributed by atoms with Gasteiger partial charge >= 0.3 is 0 Å². The third-order valence-corrected chi connectivity index (χ3v) is 7.26. The SMILES string of the molecule is CCCCCCCCCCCCCCC(I)C(C)c1ccccc1C. The minimum absolute atomic E-state index is 0.675. The average Bonchev–Trinajstić information content (AvgIpc) is 2.62. The third-order valence-electron chi connectivity index (χ3n) is 5.56. The molecule has 1 aromatic carbocycles. The monoisotopic (exact) mass is 456 g/mol.